The van der Waals surface area contributed by atoms with Crippen molar-refractivity contribution in [3.8, 4) is 11.5 Å². The molecule has 2 rings (SSSR count). The number of phenols is 1. The van der Waals surface area contributed by atoms with Gasteiger partial charge in [-0.15, -0.1) is 0 Å². The van der Waals surface area contributed by atoms with Crippen molar-refractivity contribution in [1.82, 2.24) is 5.32 Å². The smallest absolute Gasteiger partial charge is 0.220 e. The molecule has 1 aliphatic carbocycles. The van der Waals surface area contributed by atoms with Crippen molar-refractivity contribution in [2.75, 3.05) is 7.11 Å². The monoisotopic (exact) mass is 319 g/mol. The van der Waals surface area contributed by atoms with Crippen LogP contribution in [0.4, 0.5) is 0 Å². The summed E-state index contributed by atoms with van der Waals surface area (Å²) in [4.78, 5) is 12.0. The number of benzene rings is 1. The maximum atomic E-state index is 12.0. The van der Waals surface area contributed by atoms with Gasteiger partial charge in [-0.1, -0.05) is 13.0 Å². The average Bonchev–Trinajstić information content (AvgIpc) is 2.55. The Kier molecular flexibility index (Phi) is 6.75. The second-order valence-electron chi connectivity index (χ2n) is 6.74. The van der Waals surface area contributed by atoms with E-state index >= 15 is 0 Å². The van der Waals surface area contributed by atoms with Gasteiger partial charge in [0.25, 0.3) is 0 Å². The second-order valence-corrected chi connectivity index (χ2v) is 6.74. The fraction of sp³-hybridized carbons (Fsp3) is 0.632. The van der Waals surface area contributed by atoms with Crippen LogP contribution < -0.4 is 10.1 Å². The Bertz CT molecular complexity index is 507. The molecule has 0 atom stereocenters. The van der Waals surface area contributed by atoms with Crippen molar-refractivity contribution in [3.05, 3.63) is 23.8 Å². The average molecular weight is 319 g/mol. The Morgan fingerprint density at radius 2 is 2.00 bits per heavy atom. The lowest BCUT2D eigenvalue weighted by Crippen LogP contribution is -2.37. The summed E-state index contributed by atoms with van der Waals surface area (Å²) >= 11 is 0. The number of carbonyl (C=O) groups excluding carboxylic acids is 1. The molecule has 1 aromatic carbocycles. The quantitative estimate of drug-likeness (QED) is 0.751. The van der Waals surface area contributed by atoms with Crippen molar-refractivity contribution in [3.63, 3.8) is 0 Å². The molecule has 1 saturated carbocycles. The van der Waals surface area contributed by atoms with Gasteiger partial charge < -0.3 is 15.2 Å². The van der Waals surface area contributed by atoms with Crippen LogP contribution in [0.3, 0.4) is 0 Å². The maximum Gasteiger partial charge on any atom is 0.220 e. The number of aromatic hydroxyl groups is 1. The first kappa shape index (κ1) is 17.6. The van der Waals surface area contributed by atoms with Crippen molar-refractivity contribution in [2.24, 2.45) is 5.92 Å². The molecular weight excluding hydrogens is 290 g/mol. The number of nitrogens with one attached hydrogen (secondary N) is 1. The predicted octanol–water partition coefficient (Wildman–Crippen LogP) is 3.81. The third kappa shape index (κ3) is 5.77. The van der Waals surface area contributed by atoms with Crippen LogP contribution in [0.2, 0.25) is 0 Å². The number of ether oxygens (including phenoxy) is 1. The highest BCUT2D eigenvalue weighted by Gasteiger charge is 2.19. The van der Waals surface area contributed by atoms with Crippen LogP contribution in [-0.4, -0.2) is 24.2 Å². The summed E-state index contributed by atoms with van der Waals surface area (Å²) in [5.74, 6) is 1.67. The van der Waals surface area contributed by atoms with Gasteiger partial charge in [-0.2, -0.15) is 0 Å². The molecule has 128 valence electrons. The molecule has 1 aliphatic rings. The van der Waals surface area contributed by atoms with E-state index < -0.39 is 0 Å². The van der Waals surface area contributed by atoms with Crippen LogP contribution >= 0.6 is 0 Å². The van der Waals surface area contributed by atoms with Crippen molar-refractivity contribution < 1.29 is 14.6 Å². The summed E-state index contributed by atoms with van der Waals surface area (Å²) in [7, 11) is 1.55. The van der Waals surface area contributed by atoms with E-state index in [1.54, 1.807) is 13.2 Å². The van der Waals surface area contributed by atoms with Gasteiger partial charge in [0.05, 0.1) is 7.11 Å². The largest absolute Gasteiger partial charge is 0.504 e. The van der Waals surface area contributed by atoms with Crippen molar-refractivity contribution >= 4 is 5.91 Å². The standard InChI is InChI=1S/C19H29NO3/c1-14-7-10-16(11-8-14)20-19(22)6-4-3-5-15-9-12-17(21)18(13-15)23-2/h9,12-14,16,21H,3-8,10-11H2,1-2H3,(H,20,22). The number of aryl methyl sites for hydroxylation is 1. The van der Waals surface area contributed by atoms with E-state index in [1.807, 2.05) is 12.1 Å². The molecule has 0 heterocycles. The SMILES string of the molecule is COc1cc(CCCCC(=O)NC2CCC(C)CC2)ccc1O. The molecule has 4 nitrogen and oxygen atoms in total. The topological polar surface area (TPSA) is 58.6 Å². The maximum absolute atomic E-state index is 12.0. The van der Waals surface area contributed by atoms with Crippen LogP contribution in [0.15, 0.2) is 18.2 Å². The summed E-state index contributed by atoms with van der Waals surface area (Å²) in [6, 6.07) is 5.81. The number of hydrogen-bond donors (Lipinski definition) is 2. The first-order valence-corrected chi connectivity index (χ1v) is 8.73. The Balaban J connectivity index is 1.64. The lowest BCUT2D eigenvalue weighted by Gasteiger charge is -2.26. The molecule has 1 fully saturated rings. The third-order valence-electron chi connectivity index (χ3n) is 4.74. The van der Waals surface area contributed by atoms with E-state index in [2.05, 4.69) is 12.2 Å². The van der Waals surface area contributed by atoms with Gasteiger partial charge >= 0.3 is 0 Å². The van der Waals surface area contributed by atoms with Crippen LogP contribution in [0.1, 0.15) is 57.4 Å². The number of carbonyl (C=O) groups is 1. The van der Waals surface area contributed by atoms with Crippen molar-refractivity contribution in [2.45, 2.75) is 64.3 Å². The van der Waals surface area contributed by atoms with Crippen molar-refractivity contribution in [1.29, 1.82) is 0 Å². The zero-order chi connectivity index (χ0) is 16.7. The van der Waals surface area contributed by atoms with E-state index in [0.717, 1.165) is 43.6 Å². The molecule has 0 saturated heterocycles. The number of rotatable bonds is 7. The summed E-state index contributed by atoms with van der Waals surface area (Å²) < 4.78 is 5.11. The highest BCUT2D eigenvalue weighted by atomic mass is 16.5. The fourth-order valence-corrected chi connectivity index (χ4v) is 3.20. The van der Waals surface area contributed by atoms with E-state index in [9.17, 15) is 9.90 Å². The van der Waals surface area contributed by atoms with E-state index in [4.69, 9.17) is 4.74 Å². The summed E-state index contributed by atoms with van der Waals surface area (Å²) in [5.41, 5.74) is 1.13. The van der Waals surface area contributed by atoms with Gasteiger partial charge in [0.15, 0.2) is 11.5 Å². The molecule has 1 amide bonds. The number of unbranched alkanes of at least 4 members (excludes halogenated alkanes) is 1. The van der Waals surface area contributed by atoms with Gasteiger partial charge in [-0.05, 0) is 68.6 Å². The zero-order valence-electron chi connectivity index (χ0n) is 14.3. The number of methoxy groups -OCH3 is 1. The summed E-state index contributed by atoms with van der Waals surface area (Å²) in [5, 5.41) is 12.7. The van der Waals surface area contributed by atoms with Gasteiger partial charge in [-0.3, -0.25) is 4.79 Å². The Hall–Kier alpha value is -1.71. The van der Waals surface area contributed by atoms with Crippen LogP contribution in [0.25, 0.3) is 0 Å². The van der Waals surface area contributed by atoms with Gasteiger partial charge in [0.2, 0.25) is 5.91 Å². The Labute approximate surface area is 139 Å². The Morgan fingerprint density at radius 3 is 2.70 bits per heavy atom. The minimum absolute atomic E-state index is 0.164. The minimum atomic E-state index is 0.164. The molecule has 0 radical (unpaired) electrons. The van der Waals surface area contributed by atoms with E-state index in [-0.39, 0.29) is 11.7 Å². The molecule has 23 heavy (non-hydrogen) atoms. The fourth-order valence-electron chi connectivity index (χ4n) is 3.20. The molecule has 4 heteroatoms. The number of hydrogen-bond acceptors (Lipinski definition) is 3. The minimum Gasteiger partial charge on any atom is -0.504 e. The molecule has 2 N–H and O–H groups in total. The number of phenolic OH excluding ortho intramolecular Hbond substituents is 1. The molecule has 0 aromatic heterocycles. The van der Waals surface area contributed by atoms with Crippen LogP contribution in [0.5, 0.6) is 11.5 Å². The first-order valence-electron chi connectivity index (χ1n) is 8.73. The summed E-state index contributed by atoms with van der Waals surface area (Å²) in [6.07, 6.45) is 8.05. The van der Waals surface area contributed by atoms with Gasteiger partial charge in [-0.25, -0.2) is 0 Å². The van der Waals surface area contributed by atoms with E-state index in [1.165, 1.54) is 12.8 Å². The van der Waals surface area contributed by atoms with E-state index in [0.29, 0.717) is 18.2 Å². The Morgan fingerprint density at radius 1 is 1.26 bits per heavy atom. The predicted molar refractivity (Wildman–Crippen MR) is 91.8 cm³/mol. The molecule has 0 spiro atoms. The van der Waals surface area contributed by atoms with Crippen LogP contribution in [-0.2, 0) is 11.2 Å². The first-order chi connectivity index (χ1) is 11.1. The second kappa shape index (κ2) is 8.80. The van der Waals surface area contributed by atoms with Gasteiger partial charge in [0, 0.05) is 12.5 Å². The third-order valence-corrected chi connectivity index (χ3v) is 4.74. The normalized spacial score (nSPS) is 21.0. The molecule has 0 unspecified atom stereocenters. The lowest BCUT2D eigenvalue weighted by molar-refractivity contribution is -0.122. The highest BCUT2D eigenvalue weighted by molar-refractivity contribution is 5.76. The molecule has 0 bridgehead atoms. The van der Waals surface area contributed by atoms with Crippen LogP contribution in [0, 0.1) is 5.92 Å². The number of amides is 1. The highest BCUT2D eigenvalue weighted by Crippen LogP contribution is 2.27. The van der Waals surface area contributed by atoms with Gasteiger partial charge in [0.1, 0.15) is 0 Å². The zero-order valence-corrected chi connectivity index (χ0v) is 14.3. The summed E-state index contributed by atoms with van der Waals surface area (Å²) in [6.45, 7) is 2.29. The molecular formula is C19H29NO3. The lowest BCUT2D eigenvalue weighted by atomic mass is 9.87. The molecule has 0 aliphatic heterocycles. The molecule has 1 aromatic rings.